The van der Waals surface area contributed by atoms with E-state index < -0.39 is 0 Å². The van der Waals surface area contributed by atoms with Gasteiger partial charge in [-0.25, -0.2) is 15.8 Å². The third-order valence-corrected chi connectivity index (χ3v) is 3.73. The summed E-state index contributed by atoms with van der Waals surface area (Å²) in [7, 11) is 0. The van der Waals surface area contributed by atoms with Gasteiger partial charge in [0.1, 0.15) is 17.5 Å². The predicted molar refractivity (Wildman–Crippen MR) is 85.7 cm³/mol. The first-order chi connectivity index (χ1) is 10.2. The highest BCUT2D eigenvalue weighted by molar-refractivity contribution is 5.63. The van der Waals surface area contributed by atoms with E-state index in [1.807, 2.05) is 6.07 Å². The Kier molecular flexibility index (Phi) is 3.75. The van der Waals surface area contributed by atoms with Gasteiger partial charge in [-0.2, -0.15) is 0 Å². The lowest BCUT2D eigenvalue weighted by Gasteiger charge is -2.23. The second-order valence-electron chi connectivity index (χ2n) is 5.47. The van der Waals surface area contributed by atoms with Crippen LogP contribution in [0.3, 0.4) is 0 Å². The van der Waals surface area contributed by atoms with Crippen LogP contribution in [0, 0.1) is 6.92 Å². The molecule has 5 heteroatoms. The minimum atomic E-state index is 0.494. The third kappa shape index (κ3) is 2.97. The molecule has 0 bridgehead atoms. The van der Waals surface area contributed by atoms with Crippen LogP contribution in [0.5, 0.6) is 0 Å². The summed E-state index contributed by atoms with van der Waals surface area (Å²) in [4.78, 5) is 11.4. The lowest BCUT2D eigenvalue weighted by molar-refractivity contribution is 0.893. The van der Waals surface area contributed by atoms with Crippen molar-refractivity contribution in [3.8, 4) is 0 Å². The summed E-state index contributed by atoms with van der Waals surface area (Å²) in [5, 5.41) is 0. The molecule has 3 N–H and O–H groups in total. The maximum absolute atomic E-state index is 5.55. The average molecular weight is 283 g/mol. The van der Waals surface area contributed by atoms with Gasteiger partial charge in [0.15, 0.2) is 0 Å². The van der Waals surface area contributed by atoms with Crippen molar-refractivity contribution in [2.45, 2.75) is 32.6 Å². The lowest BCUT2D eigenvalue weighted by Crippen LogP contribution is -2.20. The van der Waals surface area contributed by atoms with Crippen LogP contribution in [0.4, 0.5) is 17.3 Å². The molecule has 0 spiro atoms. The van der Waals surface area contributed by atoms with E-state index >= 15 is 0 Å². The number of aromatic nitrogens is 2. The Morgan fingerprint density at radius 2 is 2.10 bits per heavy atom. The number of hydrogen-bond acceptors (Lipinski definition) is 5. The third-order valence-electron chi connectivity index (χ3n) is 3.73. The van der Waals surface area contributed by atoms with Gasteiger partial charge in [-0.1, -0.05) is 12.1 Å². The SMILES string of the molecule is CCN(c1cccc(C)c1)c1cc(NN)nc(C2CC2)n1. The standard InChI is InChI=1S/C16H21N5/c1-3-21(13-6-4-5-11(2)9-13)15-10-14(20-17)18-16(19-15)12-7-8-12/h4-6,9-10,12H,3,7-8,17H2,1-2H3,(H,18,19,20). The van der Waals surface area contributed by atoms with Gasteiger partial charge in [-0.15, -0.1) is 0 Å². The number of rotatable bonds is 5. The van der Waals surface area contributed by atoms with E-state index in [0.29, 0.717) is 11.7 Å². The van der Waals surface area contributed by atoms with Crippen LogP contribution in [0.2, 0.25) is 0 Å². The Balaban J connectivity index is 2.01. The normalized spacial score (nSPS) is 14.0. The quantitative estimate of drug-likeness (QED) is 0.652. The van der Waals surface area contributed by atoms with E-state index in [0.717, 1.165) is 23.9 Å². The molecule has 0 unspecified atom stereocenters. The first kappa shape index (κ1) is 13.8. The highest BCUT2D eigenvalue weighted by Crippen LogP contribution is 2.39. The average Bonchev–Trinajstić information content (AvgIpc) is 3.32. The molecule has 3 rings (SSSR count). The van der Waals surface area contributed by atoms with Gasteiger partial charge in [0, 0.05) is 24.2 Å². The number of aryl methyl sites for hydroxylation is 1. The molecule has 1 aliphatic rings. The molecule has 1 heterocycles. The van der Waals surface area contributed by atoms with Crippen molar-refractivity contribution in [2.24, 2.45) is 5.84 Å². The van der Waals surface area contributed by atoms with Crippen LogP contribution in [0.15, 0.2) is 30.3 Å². The first-order valence-corrected chi connectivity index (χ1v) is 7.41. The zero-order chi connectivity index (χ0) is 14.8. The van der Waals surface area contributed by atoms with Crippen molar-refractivity contribution >= 4 is 17.3 Å². The molecule has 2 aromatic rings. The maximum atomic E-state index is 5.55. The van der Waals surface area contributed by atoms with Gasteiger partial charge < -0.3 is 10.3 Å². The number of benzene rings is 1. The number of nitrogens with two attached hydrogens (primary N) is 1. The Hall–Kier alpha value is -2.14. The lowest BCUT2D eigenvalue weighted by atomic mass is 10.2. The van der Waals surface area contributed by atoms with E-state index in [1.165, 1.54) is 18.4 Å². The molecule has 0 aliphatic heterocycles. The maximum Gasteiger partial charge on any atom is 0.145 e. The fourth-order valence-electron chi connectivity index (χ4n) is 2.46. The fraction of sp³-hybridized carbons (Fsp3) is 0.375. The van der Waals surface area contributed by atoms with Crippen molar-refractivity contribution in [1.82, 2.24) is 9.97 Å². The largest absolute Gasteiger partial charge is 0.326 e. The van der Waals surface area contributed by atoms with Gasteiger partial charge in [0.05, 0.1) is 0 Å². The van der Waals surface area contributed by atoms with Crippen LogP contribution in [-0.2, 0) is 0 Å². The molecule has 1 aliphatic carbocycles. The Labute approximate surface area is 125 Å². The summed E-state index contributed by atoms with van der Waals surface area (Å²) >= 11 is 0. The van der Waals surface area contributed by atoms with E-state index in [9.17, 15) is 0 Å². The van der Waals surface area contributed by atoms with Gasteiger partial charge in [0.2, 0.25) is 0 Å². The summed E-state index contributed by atoms with van der Waals surface area (Å²) in [6.07, 6.45) is 2.34. The van der Waals surface area contributed by atoms with E-state index in [1.54, 1.807) is 0 Å². The summed E-state index contributed by atoms with van der Waals surface area (Å²) in [5.41, 5.74) is 5.03. The Bertz CT molecular complexity index is 636. The summed E-state index contributed by atoms with van der Waals surface area (Å²) < 4.78 is 0. The number of nitrogens with one attached hydrogen (secondary N) is 1. The molecule has 21 heavy (non-hydrogen) atoms. The van der Waals surface area contributed by atoms with Crippen molar-refractivity contribution < 1.29 is 0 Å². The fourth-order valence-corrected chi connectivity index (χ4v) is 2.46. The Morgan fingerprint density at radius 1 is 1.29 bits per heavy atom. The van der Waals surface area contributed by atoms with E-state index in [-0.39, 0.29) is 0 Å². The molecule has 5 nitrogen and oxygen atoms in total. The number of nitrogen functional groups attached to an aromatic ring is 1. The second-order valence-corrected chi connectivity index (χ2v) is 5.47. The smallest absolute Gasteiger partial charge is 0.145 e. The highest BCUT2D eigenvalue weighted by atomic mass is 15.3. The molecule has 110 valence electrons. The summed E-state index contributed by atoms with van der Waals surface area (Å²) in [6, 6.07) is 10.3. The van der Waals surface area contributed by atoms with Crippen LogP contribution in [-0.4, -0.2) is 16.5 Å². The van der Waals surface area contributed by atoms with Crippen molar-refractivity contribution in [1.29, 1.82) is 0 Å². The number of hydrogen-bond donors (Lipinski definition) is 2. The van der Waals surface area contributed by atoms with Gasteiger partial charge in [0.25, 0.3) is 0 Å². The monoisotopic (exact) mass is 283 g/mol. The first-order valence-electron chi connectivity index (χ1n) is 7.41. The molecular weight excluding hydrogens is 262 g/mol. The van der Waals surface area contributed by atoms with Crippen LogP contribution in [0.25, 0.3) is 0 Å². The molecule has 1 aromatic heterocycles. The minimum absolute atomic E-state index is 0.494. The van der Waals surface area contributed by atoms with Gasteiger partial charge in [-0.3, -0.25) is 0 Å². The van der Waals surface area contributed by atoms with E-state index in [2.05, 4.69) is 53.4 Å². The number of anilines is 3. The Morgan fingerprint density at radius 3 is 2.71 bits per heavy atom. The van der Waals surface area contributed by atoms with Crippen LogP contribution >= 0.6 is 0 Å². The molecule has 1 aromatic carbocycles. The molecule has 0 radical (unpaired) electrons. The second kappa shape index (κ2) is 5.69. The minimum Gasteiger partial charge on any atom is -0.326 e. The van der Waals surface area contributed by atoms with Crippen LogP contribution < -0.4 is 16.2 Å². The molecule has 0 saturated heterocycles. The highest BCUT2D eigenvalue weighted by Gasteiger charge is 2.28. The zero-order valence-electron chi connectivity index (χ0n) is 12.5. The molecular formula is C16H21N5. The summed E-state index contributed by atoms with van der Waals surface area (Å²) in [6.45, 7) is 5.06. The van der Waals surface area contributed by atoms with Gasteiger partial charge in [-0.05, 0) is 44.4 Å². The molecule has 1 saturated carbocycles. The van der Waals surface area contributed by atoms with Crippen LogP contribution in [0.1, 0.15) is 37.1 Å². The number of hydrazine groups is 1. The predicted octanol–water partition coefficient (Wildman–Crippen LogP) is 3.11. The molecule has 1 fully saturated rings. The van der Waals surface area contributed by atoms with Crippen molar-refractivity contribution in [3.63, 3.8) is 0 Å². The van der Waals surface area contributed by atoms with Crippen molar-refractivity contribution in [2.75, 3.05) is 16.9 Å². The molecule has 0 amide bonds. The van der Waals surface area contributed by atoms with E-state index in [4.69, 9.17) is 10.8 Å². The topological polar surface area (TPSA) is 67.1 Å². The molecule has 0 atom stereocenters. The summed E-state index contributed by atoms with van der Waals surface area (Å²) in [5.74, 6) is 8.51. The zero-order valence-corrected chi connectivity index (χ0v) is 12.5. The van der Waals surface area contributed by atoms with Crippen molar-refractivity contribution in [3.05, 3.63) is 41.7 Å². The number of nitrogens with zero attached hydrogens (tertiary/aromatic N) is 3. The van der Waals surface area contributed by atoms with Gasteiger partial charge >= 0.3 is 0 Å².